The van der Waals surface area contributed by atoms with Gasteiger partial charge in [0.25, 0.3) is 10.0 Å². The van der Waals surface area contributed by atoms with E-state index >= 15 is 0 Å². The zero-order valence-electron chi connectivity index (χ0n) is 17.7. The van der Waals surface area contributed by atoms with Crippen molar-refractivity contribution >= 4 is 21.4 Å². The van der Waals surface area contributed by atoms with Crippen molar-refractivity contribution in [3.05, 3.63) is 101 Å². The maximum atomic E-state index is 13.1. The number of rotatable bonds is 4. The minimum atomic E-state index is -3.67. The van der Waals surface area contributed by atoms with Crippen LogP contribution in [0.1, 0.15) is 40.6 Å². The summed E-state index contributed by atoms with van der Waals surface area (Å²) in [5.41, 5.74) is 6.17. The molecule has 3 aromatic carbocycles. The second-order valence-corrected chi connectivity index (χ2v) is 10.3. The average molecular weight is 431 g/mol. The molecular formula is C26H26N2O2S. The highest BCUT2D eigenvalue weighted by molar-refractivity contribution is 7.92. The van der Waals surface area contributed by atoms with Crippen LogP contribution in [0.25, 0.3) is 0 Å². The molecule has 1 heterocycles. The van der Waals surface area contributed by atoms with Crippen LogP contribution in [-0.2, 0) is 10.0 Å². The van der Waals surface area contributed by atoms with Crippen molar-refractivity contribution in [2.24, 2.45) is 5.92 Å². The van der Waals surface area contributed by atoms with Gasteiger partial charge < -0.3 is 5.32 Å². The van der Waals surface area contributed by atoms with E-state index in [0.717, 1.165) is 23.2 Å². The number of hydrogen-bond donors (Lipinski definition) is 2. The van der Waals surface area contributed by atoms with Crippen LogP contribution in [0.15, 0.2) is 83.8 Å². The lowest BCUT2D eigenvalue weighted by Gasteiger charge is -2.37. The Kier molecular flexibility index (Phi) is 4.86. The molecule has 0 aromatic heterocycles. The monoisotopic (exact) mass is 430 g/mol. The second-order valence-electron chi connectivity index (χ2n) is 8.61. The molecule has 4 nitrogen and oxygen atoms in total. The van der Waals surface area contributed by atoms with E-state index in [-0.39, 0.29) is 12.0 Å². The van der Waals surface area contributed by atoms with Gasteiger partial charge in [0, 0.05) is 17.3 Å². The molecule has 0 radical (unpaired) electrons. The molecule has 0 spiro atoms. The maximum Gasteiger partial charge on any atom is 0.261 e. The van der Waals surface area contributed by atoms with Crippen molar-refractivity contribution in [2.45, 2.75) is 37.1 Å². The number of anilines is 2. The van der Waals surface area contributed by atoms with Crippen LogP contribution in [-0.4, -0.2) is 8.42 Å². The first-order valence-corrected chi connectivity index (χ1v) is 12.1. The van der Waals surface area contributed by atoms with Gasteiger partial charge in [-0.05, 0) is 73.2 Å². The number of sulfonamides is 1. The Bertz CT molecular complexity index is 1280. The average Bonchev–Trinajstić information content (AvgIpc) is 3.23. The molecule has 158 valence electrons. The molecule has 5 heteroatoms. The van der Waals surface area contributed by atoms with E-state index in [2.05, 4.69) is 53.4 Å². The largest absolute Gasteiger partial charge is 0.378 e. The fraction of sp³-hybridized carbons (Fsp3) is 0.231. The van der Waals surface area contributed by atoms with E-state index in [1.807, 2.05) is 37.3 Å². The minimum absolute atomic E-state index is 0.205. The van der Waals surface area contributed by atoms with Crippen LogP contribution >= 0.6 is 0 Å². The van der Waals surface area contributed by atoms with Crippen molar-refractivity contribution in [3.63, 3.8) is 0 Å². The van der Waals surface area contributed by atoms with Gasteiger partial charge in [0.2, 0.25) is 0 Å². The van der Waals surface area contributed by atoms with Gasteiger partial charge in [-0.1, -0.05) is 54.1 Å². The predicted octanol–water partition coefficient (Wildman–Crippen LogP) is 5.93. The van der Waals surface area contributed by atoms with Gasteiger partial charge in [0.05, 0.1) is 10.9 Å². The van der Waals surface area contributed by atoms with Crippen LogP contribution < -0.4 is 10.0 Å². The highest BCUT2D eigenvalue weighted by Gasteiger charge is 2.38. The first kappa shape index (κ1) is 19.9. The summed E-state index contributed by atoms with van der Waals surface area (Å²) in [5, 5.41) is 3.69. The molecule has 0 bridgehead atoms. The number of fused-ring (bicyclic) bond motifs is 3. The summed E-state index contributed by atoms with van der Waals surface area (Å²) in [5.74, 6) is 0.577. The summed E-state index contributed by atoms with van der Waals surface area (Å²) in [4.78, 5) is 0.294. The molecule has 0 amide bonds. The SMILES string of the molecule is Cc1cccc(NS(=O)(=O)c2ccc3c(c2)[C@H]2C=CC[C@H]2[C@@H](c2cccc(C)c2)N3)c1. The topological polar surface area (TPSA) is 58.2 Å². The summed E-state index contributed by atoms with van der Waals surface area (Å²) in [6.07, 6.45) is 5.44. The molecule has 0 fully saturated rings. The molecule has 0 saturated heterocycles. The lowest BCUT2D eigenvalue weighted by molar-refractivity contribution is 0.425. The van der Waals surface area contributed by atoms with E-state index in [1.165, 1.54) is 11.1 Å². The number of allylic oxidation sites excluding steroid dienone is 2. The van der Waals surface area contributed by atoms with E-state index in [4.69, 9.17) is 0 Å². The van der Waals surface area contributed by atoms with Crippen molar-refractivity contribution in [3.8, 4) is 0 Å². The molecule has 0 saturated carbocycles. The van der Waals surface area contributed by atoms with E-state index in [0.29, 0.717) is 16.5 Å². The van der Waals surface area contributed by atoms with Gasteiger partial charge in [-0.25, -0.2) is 8.42 Å². The predicted molar refractivity (Wildman–Crippen MR) is 126 cm³/mol. The normalized spacial score (nSPS) is 21.8. The zero-order chi connectivity index (χ0) is 21.6. The highest BCUT2D eigenvalue weighted by atomic mass is 32.2. The molecule has 0 unspecified atom stereocenters. The Labute approximate surface area is 184 Å². The van der Waals surface area contributed by atoms with Crippen molar-refractivity contribution in [2.75, 3.05) is 10.0 Å². The third-order valence-corrected chi connectivity index (χ3v) is 7.70. The van der Waals surface area contributed by atoms with Crippen LogP contribution in [0.5, 0.6) is 0 Å². The molecule has 31 heavy (non-hydrogen) atoms. The molecule has 5 rings (SSSR count). The molecule has 2 N–H and O–H groups in total. The molecule has 2 aliphatic rings. The summed E-state index contributed by atoms with van der Waals surface area (Å²) in [7, 11) is -3.67. The smallest absolute Gasteiger partial charge is 0.261 e. The molecule has 1 aliphatic heterocycles. The Balaban J connectivity index is 1.50. The van der Waals surface area contributed by atoms with Crippen molar-refractivity contribution in [1.29, 1.82) is 0 Å². The number of benzene rings is 3. The number of aryl methyl sites for hydroxylation is 2. The van der Waals surface area contributed by atoms with Gasteiger partial charge in [0.15, 0.2) is 0 Å². The van der Waals surface area contributed by atoms with Gasteiger partial charge in [-0.15, -0.1) is 0 Å². The van der Waals surface area contributed by atoms with E-state index in [1.54, 1.807) is 12.1 Å². The molecule has 1 aliphatic carbocycles. The van der Waals surface area contributed by atoms with Gasteiger partial charge >= 0.3 is 0 Å². The third kappa shape index (κ3) is 3.74. The Morgan fingerprint density at radius 3 is 2.48 bits per heavy atom. The summed E-state index contributed by atoms with van der Waals surface area (Å²) in [6, 6.07) is 21.7. The van der Waals surface area contributed by atoms with Crippen molar-refractivity contribution in [1.82, 2.24) is 0 Å². The summed E-state index contributed by atoms with van der Waals surface area (Å²) in [6.45, 7) is 4.06. The third-order valence-electron chi connectivity index (χ3n) is 6.32. The number of hydrogen-bond acceptors (Lipinski definition) is 3. The van der Waals surface area contributed by atoms with Gasteiger partial charge in [-0.2, -0.15) is 0 Å². The summed E-state index contributed by atoms with van der Waals surface area (Å²) < 4.78 is 28.8. The van der Waals surface area contributed by atoms with Crippen molar-refractivity contribution < 1.29 is 8.42 Å². The number of nitrogens with one attached hydrogen (secondary N) is 2. The Morgan fingerprint density at radius 1 is 0.935 bits per heavy atom. The standard InChI is InChI=1S/C26H26N2O2S/c1-17-6-3-8-19(14-17)26-23-11-5-10-22(23)24-16-21(12-13-25(24)27-26)31(29,30)28-20-9-4-7-18(2)15-20/h3-10,12-16,22-23,26-28H,11H2,1-2H3/t22-,23+,26+/m0/s1. The minimum Gasteiger partial charge on any atom is -0.378 e. The van der Waals surface area contributed by atoms with Gasteiger partial charge in [0.1, 0.15) is 0 Å². The maximum absolute atomic E-state index is 13.1. The molecule has 3 atom stereocenters. The first-order valence-electron chi connectivity index (χ1n) is 10.6. The second kappa shape index (κ2) is 7.57. The summed E-state index contributed by atoms with van der Waals surface area (Å²) >= 11 is 0. The molecular weight excluding hydrogens is 404 g/mol. The lowest BCUT2D eigenvalue weighted by Crippen LogP contribution is -2.29. The fourth-order valence-corrected chi connectivity index (χ4v) is 5.94. The van der Waals surface area contributed by atoms with E-state index in [9.17, 15) is 8.42 Å². The highest BCUT2D eigenvalue weighted by Crippen LogP contribution is 2.50. The quantitative estimate of drug-likeness (QED) is 0.504. The zero-order valence-corrected chi connectivity index (χ0v) is 18.5. The lowest BCUT2D eigenvalue weighted by atomic mass is 9.77. The first-order chi connectivity index (χ1) is 14.9. The fourth-order valence-electron chi connectivity index (χ4n) is 4.86. The molecule has 3 aromatic rings. The van der Waals surface area contributed by atoms with Crippen LogP contribution in [0.3, 0.4) is 0 Å². The van der Waals surface area contributed by atoms with E-state index < -0.39 is 10.0 Å². The van der Waals surface area contributed by atoms with Crippen LogP contribution in [0.4, 0.5) is 11.4 Å². The van der Waals surface area contributed by atoms with Gasteiger partial charge in [-0.3, -0.25) is 4.72 Å². The Morgan fingerprint density at radius 2 is 1.71 bits per heavy atom. The van der Waals surface area contributed by atoms with Crippen LogP contribution in [0.2, 0.25) is 0 Å². The van der Waals surface area contributed by atoms with Crippen LogP contribution in [0, 0.1) is 19.8 Å². The Hall–Kier alpha value is -3.05.